The second-order valence-corrected chi connectivity index (χ2v) is 4.82. The Morgan fingerprint density at radius 2 is 1.67 bits per heavy atom. The van der Waals surface area contributed by atoms with E-state index in [1.165, 1.54) is 6.07 Å². The molecular formula is C14H11FO2S. The number of carbonyl (C=O) groups is 1. The maximum absolute atomic E-state index is 13.5. The molecule has 18 heavy (non-hydrogen) atoms. The molecule has 0 aromatic heterocycles. The van der Waals surface area contributed by atoms with E-state index < -0.39 is 17.0 Å². The second kappa shape index (κ2) is 5.69. The molecule has 0 saturated heterocycles. The highest BCUT2D eigenvalue weighted by Gasteiger charge is 2.22. The Kier molecular flexibility index (Phi) is 3.99. The smallest absolute Gasteiger partial charge is 0.321 e. The summed E-state index contributed by atoms with van der Waals surface area (Å²) >= 11 is 1.00. The standard InChI is InChI=1S/C14H11FO2S/c15-11-8-4-5-9-12(11)18-13(14(16)17)10-6-2-1-3-7-10/h1-9,13H,(H,16,17)/t13-/m1/s1. The number of carboxylic acid groups (broad SMARTS) is 1. The number of hydrogen-bond donors (Lipinski definition) is 1. The summed E-state index contributed by atoms with van der Waals surface area (Å²) in [5.41, 5.74) is 0.651. The van der Waals surface area contributed by atoms with Gasteiger partial charge in [-0.05, 0) is 17.7 Å². The van der Waals surface area contributed by atoms with Crippen molar-refractivity contribution < 1.29 is 14.3 Å². The lowest BCUT2D eigenvalue weighted by atomic mass is 10.1. The van der Waals surface area contributed by atoms with Crippen LogP contribution in [-0.4, -0.2) is 11.1 Å². The Labute approximate surface area is 108 Å². The molecule has 0 aliphatic carbocycles. The number of hydrogen-bond acceptors (Lipinski definition) is 2. The summed E-state index contributed by atoms with van der Waals surface area (Å²) in [4.78, 5) is 11.6. The van der Waals surface area contributed by atoms with Crippen molar-refractivity contribution in [1.29, 1.82) is 0 Å². The zero-order valence-corrected chi connectivity index (χ0v) is 10.2. The van der Waals surface area contributed by atoms with E-state index in [2.05, 4.69) is 0 Å². The molecule has 0 spiro atoms. The number of halogens is 1. The van der Waals surface area contributed by atoms with Gasteiger partial charge in [0, 0.05) is 4.90 Å². The van der Waals surface area contributed by atoms with E-state index in [-0.39, 0.29) is 0 Å². The first kappa shape index (κ1) is 12.6. The fourth-order valence-electron chi connectivity index (χ4n) is 1.56. The van der Waals surface area contributed by atoms with Gasteiger partial charge in [-0.15, -0.1) is 11.8 Å². The monoisotopic (exact) mass is 262 g/mol. The largest absolute Gasteiger partial charge is 0.480 e. The van der Waals surface area contributed by atoms with Crippen molar-refractivity contribution in [3.63, 3.8) is 0 Å². The van der Waals surface area contributed by atoms with Gasteiger partial charge in [0.25, 0.3) is 0 Å². The second-order valence-electron chi connectivity index (χ2n) is 3.68. The summed E-state index contributed by atoms with van der Waals surface area (Å²) < 4.78 is 13.5. The molecule has 4 heteroatoms. The average Bonchev–Trinajstić information content (AvgIpc) is 2.38. The molecule has 2 aromatic rings. The molecular weight excluding hydrogens is 251 g/mol. The van der Waals surface area contributed by atoms with Crippen molar-refractivity contribution in [1.82, 2.24) is 0 Å². The van der Waals surface area contributed by atoms with Gasteiger partial charge in [-0.3, -0.25) is 4.79 Å². The van der Waals surface area contributed by atoms with Crippen molar-refractivity contribution in [2.45, 2.75) is 10.1 Å². The lowest BCUT2D eigenvalue weighted by molar-refractivity contribution is -0.136. The molecule has 1 N–H and O–H groups in total. The van der Waals surface area contributed by atoms with Gasteiger partial charge in [0.1, 0.15) is 11.1 Å². The van der Waals surface area contributed by atoms with Gasteiger partial charge in [-0.2, -0.15) is 0 Å². The van der Waals surface area contributed by atoms with Crippen LogP contribution < -0.4 is 0 Å². The number of carboxylic acids is 1. The molecule has 2 rings (SSSR count). The fraction of sp³-hybridized carbons (Fsp3) is 0.0714. The van der Waals surface area contributed by atoms with Crippen LogP contribution in [0.25, 0.3) is 0 Å². The molecule has 1 atom stereocenters. The number of benzene rings is 2. The van der Waals surface area contributed by atoms with Gasteiger partial charge in [-0.1, -0.05) is 42.5 Å². The first-order chi connectivity index (χ1) is 8.68. The molecule has 92 valence electrons. The van der Waals surface area contributed by atoms with E-state index >= 15 is 0 Å². The summed E-state index contributed by atoms with van der Waals surface area (Å²) in [6, 6.07) is 15.0. The Morgan fingerprint density at radius 3 is 2.28 bits per heavy atom. The quantitative estimate of drug-likeness (QED) is 0.853. The topological polar surface area (TPSA) is 37.3 Å². The Bertz CT molecular complexity index is 543. The first-order valence-corrected chi connectivity index (χ1v) is 6.25. The molecule has 0 amide bonds. The fourth-order valence-corrected chi connectivity index (χ4v) is 2.54. The van der Waals surface area contributed by atoms with Crippen LogP contribution in [0.15, 0.2) is 59.5 Å². The van der Waals surface area contributed by atoms with Crippen molar-refractivity contribution in [3.8, 4) is 0 Å². The molecule has 0 radical (unpaired) electrons. The van der Waals surface area contributed by atoms with Crippen LogP contribution >= 0.6 is 11.8 Å². The first-order valence-electron chi connectivity index (χ1n) is 5.37. The Hall–Kier alpha value is -1.81. The summed E-state index contributed by atoms with van der Waals surface area (Å²) in [6.07, 6.45) is 0. The summed E-state index contributed by atoms with van der Waals surface area (Å²) in [5, 5.41) is 8.43. The van der Waals surface area contributed by atoms with E-state index in [1.54, 1.807) is 42.5 Å². The molecule has 0 fully saturated rings. The number of thioether (sulfide) groups is 1. The average molecular weight is 262 g/mol. The Morgan fingerprint density at radius 1 is 1.06 bits per heavy atom. The van der Waals surface area contributed by atoms with Crippen LogP contribution in [0.2, 0.25) is 0 Å². The van der Waals surface area contributed by atoms with Crippen LogP contribution in [0.1, 0.15) is 10.8 Å². The highest BCUT2D eigenvalue weighted by atomic mass is 32.2. The van der Waals surface area contributed by atoms with Gasteiger partial charge in [0.15, 0.2) is 0 Å². The molecule has 0 unspecified atom stereocenters. The van der Waals surface area contributed by atoms with Crippen molar-refractivity contribution in [2.24, 2.45) is 0 Å². The van der Waals surface area contributed by atoms with E-state index in [1.807, 2.05) is 6.07 Å². The van der Waals surface area contributed by atoms with Crippen LogP contribution in [-0.2, 0) is 4.79 Å². The van der Waals surface area contributed by atoms with Crippen molar-refractivity contribution >= 4 is 17.7 Å². The number of rotatable bonds is 4. The molecule has 0 aliphatic heterocycles. The van der Waals surface area contributed by atoms with Crippen LogP contribution in [0, 0.1) is 5.82 Å². The maximum atomic E-state index is 13.5. The minimum atomic E-state index is -0.977. The van der Waals surface area contributed by atoms with Crippen LogP contribution in [0.4, 0.5) is 4.39 Å². The van der Waals surface area contributed by atoms with E-state index in [0.29, 0.717) is 10.5 Å². The third kappa shape index (κ3) is 2.90. The summed E-state index contributed by atoms with van der Waals surface area (Å²) in [5.74, 6) is -1.38. The summed E-state index contributed by atoms with van der Waals surface area (Å²) in [6.45, 7) is 0. The molecule has 0 saturated carbocycles. The van der Waals surface area contributed by atoms with E-state index in [4.69, 9.17) is 0 Å². The van der Waals surface area contributed by atoms with Crippen LogP contribution in [0.5, 0.6) is 0 Å². The van der Waals surface area contributed by atoms with Gasteiger partial charge < -0.3 is 5.11 Å². The molecule has 2 nitrogen and oxygen atoms in total. The zero-order valence-electron chi connectivity index (χ0n) is 9.42. The lowest BCUT2D eigenvalue weighted by Crippen LogP contribution is -2.08. The minimum Gasteiger partial charge on any atom is -0.480 e. The normalized spacial score (nSPS) is 12.1. The summed E-state index contributed by atoms with van der Waals surface area (Å²) in [7, 11) is 0. The molecule has 2 aromatic carbocycles. The maximum Gasteiger partial charge on any atom is 0.321 e. The van der Waals surface area contributed by atoms with Gasteiger partial charge in [0.2, 0.25) is 0 Å². The van der Waals surface area contributed by atoms with Gasteiger partial charge in [-0.25, -0.2) is 4.39 Å². The van der Waals surface area contributed by atoms with Crippen molar-refractivity contribution in [3.05, 3.63) is 66.0 Å². The molecule has 0 heterocycles. The van der Waals surface area contributed by atoms with Crippen molar-refractivity contribution in [2.75, 3.05) is 0 Å². The zero-order chi connectivity index (χ0) is 13.0. The minimum absolute atomic E-state index is 0.341. The Balaban J connectivity index is 2.28. The van der Waals surface area contributed by atoms with Gasteiger partial charge in [0.05, 0.1) is 0 Å². The molecule has 0 aliphatic rings. The number of aliphatic carboxylic acids is 1. The highest BCUT2D eigenvalue weighted by molar-refractivity contribution is 8.00. The van der Waals surface area contributed by atoms with Crippen LogP contribution in [0.3, 0.4) is 0 Å². The lowest BCUT2D eigenvalue weighted by Gasteiger charge is -2.12. The SMILES string of the molecule is O=C(O)[C@H](Sc1ccccc1F)c1ccccc1. The third-order valence-electron chi connectivity index (χ3n) is 2.41. The third-order valence-corrected chi connectivity index (χ3v) is 3.70. The van der Waals surface area contributed by atoms with E-state index in [0.717, 1.165) is 11.8 Å². The predicted octanol–water partition coefficient (Wildman–Crippen LogP) is 3.74. The molecule has 0 bridgehead atoms. The van der Waals surface area contributed by atoms with E-state index in [9.17, 15) is 14.3 Å². The predicted molar refractivity (Wildman–Crippen MR) is 69.1 cm³/mol. The highest BCUT2D eigenvalue weighted by Crippen LogP contribution is 2.36. The van der Waals surface area contributed by atoms with Gasteiger partial charge >= 0.3 is 5.97 Å².